The van der Waals surface area contributed by atoms with Crippen LogP contribution in [-0.2, 0) is 11.2 Å². The lowest BCUT2D eigenvalue weighted by molar-refractivity contribution is -0.131. The van der Waals surface area contributed by atoms with E-state index < -0.39 is 0 Å². The van der Waals surface area contributed by atoms with Gasteiger partial charge in [-0.2, -0.15) is 0 Å². The van der Waals surface area contributed by atoms with E-state index in [2.05, 4.69) is 40.4 Å². The first-order chi connectivity index (χ1) is 14.2. The second kappa shape index (κ2) is 7.94. The molecule has 1 aromatic carbocycles. The van der Waals surface area contributed by atoms with Gasteiger partial charge in [0.1, 0.15) is 5.01 Å². The third kappa shape index (κ3) is 3.84. The van der Waals surface area contributed by atoms with E-state index in [1.165, 1.54) is 27.8 Å². The van der Waals surface area contributed by atoms with Crippen LogP contribution >= 0.6 is 34.3 Å². The molecule has 0 atom stereocenters. The minimum Gasteiger partial charge on any atom is -0.361 e. The van der Waals surface area contributed by atoms with E-state index in [4.69, 9.17) is 11.6 Å². The van der Waals surface area contributed by atoms with Gasteiger partial charge < -0.3 is 9.88 Å². The highest BCUT2D eigenvalue weighted by molar-refractivity contribution is 7.23. The Bertz CT molecular complexity index is 1150. The molecule has 4 aromatic rings. The molecule has 7 heteroatoms. The normalized spacial score (nSPS) is 15.3. The van der Waals surface area contributed by atoms with Crippen molar-refractivity contribution in [2.24, 2.45) is 0 Å². The van der Waals surface area contributed by atoms with Crippen LogP contribution in [0.2, 0.25) is 4.34 Å². The van der Waals surface area contributed by atoms with Gasteiger partial charge in [-0.15, -0.1) is 22.7 Å². The number of fused-ring (bicyclic) bond motifs is 1. The zero-order valence-electron chi connectivity index (χ0n) is 15.7. The van der Waals surface area contributed by atoms with Crippen LogP contribution in [0, 0.1) is 0 Å². The van der Waals surface area contributed by atoms with E-state index in [0.717, 1.165) is 45.8 Å². The van der Waals surface area contributed by atoms with Crippen LogP contribution in [0.5, 0.6) is 0 Å². The molecule has 4 nitrogen and oxygen atoms in total. The van der Waals surface area contributed by atoms with Crippen LogP contribution in [0.25, 0.3) is 20.8 Å². The number of rotatable bonds is 4. The molecule has 1 fully saturated rings. The minimum atomic E-state index is 0.170. The molecule has 0 saturated carbocycles. The molecule has 0 unspecified atom stereocenters. The quantitative estimate of drug-likeness (QED) is 0.425. The maximum absolute atomic E-state index is 12.8. The topological polar surface area (TPSA) is 49.0 Å². The number of nitrogens with zero attached hydrogens (tertiary/aromatic N) is 2. The molecule has 5 rings (SSSR count). The summed E-state index contributed by atoms with van der Waals surface area (Å²) < 4.78 is 0.755. The molecule has 1 aliphatic heterocycles. The van der Waals surface area contributed by atoms with Gasteiger partial charge in [0, 0.05) is 35.6 Å². The molecule has 4 heterocycles. The Balaban J connectivity index is 1.21. The maximum Gasteiger partial charge on any atom is 0.228 e. The van der Waals surface area contributed by atoms with Crippen molar-refractivity contribution in [3.8, 4) is 9.88 Å². The number of piperidine rings is 1. The monoisotopic (exact) mass is 441 g/mol. The summed E-state index contributed by atoms with van der Waals surface area (Å²) in [5.41, 5.74) is 3.41. The summed E-state index contributed by atoms with van der Waals surface area (Å²) in [5, 5.41) is 4.23. The number of amides is 1. The number of hydrogen-bond donors (Lipinski definition) is 1. The van der Waals surface area contributed by atoms with Gasteiger partial charge in [0.05, 0.1) is 21.3 Å². The lowest BCUT2D eigenvalue weighted by Gasteiger charge is -2.32. The fraction of sp³-hybridized carbons (Fsp3) is 0.273. The first-order valence-electron chi connectivity index (χ1n) is 9.71. The van der Waals surface area contributed by atoms with Gasteiger partial charge in [-0.3, -0.25) is 4.79 Å². The summed E-state index contributed by atoms with van der Waals surface area (Å²) in [5.74, 6) is 0.674. The molecule has 0 radical (unpaired) electrons. The van der Waals surface area contributed by atoms with Gasteiger partial charge >= 0.3 is 0 Å². The number of carbonyl (C=O) groups is 1. The third-order valence-electron chi connectivity index (χ3n) is 5.58. The molecular weight excluding hydrogens is 422 g/mol. The maximum atomic E-state index is 12.8. The summed E-state index contributed by atoms with van der Waals surface area (Å²) in [6.45, 7) is 1.61. The number of hydrogen-bond acceptors (Lipinski definition) is 4. The Labute approximate surface area is 182 Å². The molecule has 148 valence electrons. The average Bonchev–Trinajstić information content (AvgIpc) is 3.47. The van der Waals surface area contributed by atoms with E-state index in [1.807, 2.05) is 22.4 Å². The van der Waals surface area contributed by atoms with Crippen LogP contribution in [0.3, 0.4) is 0 Å². The number of thiophene rings is 1. The number of aromatic nitrogens is 2. The molecule has 0 spiro atoms. The summed E-state index contributed by atoms with van der Waals surface area (Å²) in [4.78, 5) is 23.8. The highest BCUT2D eigenvalue weighted by Gasteiger charge is 2.25. The second-order valence-electron chi connectivity index (χ2n) is 7.37. The molecular formula is C22H20ClN3OS2. The predicted molar refractivity (Wildman–Crippen MR) is 121 cm³/mol. The Morgan fingerprint density at radius 1 is 1.21 bits per heavy atom. The summed E-state index contributed by atoms with van der Waals surface area (Å²) in [7, 11) is 0. The van der Waals surface area contributed by atoms with Crippen molar-refractivity contribution in [1.82, 2.24) is 14.9 Å². The molecule has 1 N–H and O–H groups in total. The van der Waals surface area contributed by atoms with Crippen LogP contribution < -0.4 is 0 Å². The average molecular weight is 442 g/mol. The van der Waals surface area contributed by atoms with Gasteiger partial charge in [-0.05, 0) is 42.5 Å². The van der Waals surface area contributed by atoms with Crippen LogP contribution in [0.1, 0.15) is 30.0 Å². The van der Waals surface area contributed by atoms with Gasteiger partial charge in [0.15, 0.2) is 0 Å². The van der Waals surface area contributed by atoms with Crippen molar-refractivity contribution >= 4 is 51.1 Å². The molecule has 29 heavy (non-hydrogen) atoms. The standard InChI is InChI=1S/C22H20ClN3OS2/c23-20-6-5-19(29-20)22-25-15(13-28-22)11-21(27)26-9-7-14(8-10-26)17-12-24-18-4-2-1-3-16(17)18/h1-6,12-14,24H,7-11H2. The largest absolute Gasteiger partial charge is 0.361 e. The van der Waals surface area contributed by atoms with Gasteiger partial charge in [-0.25, -0.2) is 4.98 Å². The Morgan fingerprint density at radius 2 is 2.03 bits per heavy atom. The summed E-state index contributed by atoms with van der Waals surface area (Å²) in [6, 6.07) is 12.3. The van der Waals surface area contributed by atoms with Crippen molar-refractivity contribution in [3.05, 3.63) is 63.6 Å². The summed E-state index contributed by atoms with van der Waals surface area (Å²) >= 11 is 9.10. The number of halogens is 1. The molecule has 1 aliphatic rings. The van der Waals surface area contributed by atoms with E-state index in [9.17, 15) is 4.79 Å². The first-order valence-corrected chi connectivity index (χ1v) is 11.8. The second-order valence-corrected chi connectivity index (χ2v) is 9.94. The first kappa shape index (κ1) is 18.9. The SMILES string of the molecule is O=C(Cc1csc(-c2ccc(Cl)s2)n1)N1CCC(c2c[nH]c3ccccc23)CC1. The van der Waals surface area contributed by atoms with Gasteiger partial charge in [-0.1, -0.05) is 29.8 Å². The zero-order chi connectivity index (χ0) is 19.8. The number of nitrogens with one attached hydrogen (secondary N) is 1. The van der Waals surface area contributed by atoms with Crippen LogP contribution in [-0.4, -0.2) is 33.9 Å². The van der Waals surface area contributed by atoms with Crippen molar-refractivity contribution in [1.29, 1.82) is 0 Å². The number of aromatic amines is 1. The van der Waals surface area contributed by atoms with E-state index in [1.54, 1.807) is 11.3 Å². The number of likely N-dealkylation sites (tertiary alicyclic amines) is 1. The highest BCUT2D eigenvalue weighted by Crippen LogP contribution is 2.34. The zero-order valence-corrected chi connectivity index (χ0v) is 18.1. The number of benzene rings is 1. The lowest BCUT2D eigenvalue weighted by Crippen LogP contribution is -2.38. The molecule has 1 amide bonds. The van der Waals surface area contributed by atoms with Gasteiger partial charge in [0.25, 0.3) is 0 Å². The van der Waals surface area contributed by atoms with Crippen molar-refractivity contribution in [2.45, 2.75) is 25.2 Å². The number of para-hydroxylation sites is 1. The number of thiazole rings is 1. The fourth-order valence-electron chi connectivity index (χ4n) is 4.07. The van der Waals surface area contributed by atoms with E-state index >= 15 is 0 Å². The highest BCUT2D eigenvalue weighted by atomic mass is 35.5. The van der Waals surface area contributed by atoms with Crippen molar-refractivity contribution < 1.29 is 4.79 Å². The minimum absolute atomic E-state index is 0.170. The Kier molecular flexibility index (Phi) is 5.16. The van der Waals surface area contributed by atoms with E-state index in [-0.39, 0.29) is 5.91 Å². The lowest BCUT2D eigenvalue weighted by atomic mass is 9.89. The molecule has 1 saturated heterocycles. The number of carbonyl (C=O) groups excluding carboxylic acids is 1. The molecule has 0 bridgehead atoms. The molecule has 3 aromatic heterocycles. The Morgan fingerprint density at radius 3 is 2.83 bits per heavy atom. The van der Waals surface area contributed by atoms with Crippen molar-refractivity contribution in [3.63, 3.8) is 0 Å². The fourth-order valence-corrected chi connectivity index (χ4v) is 6.00. The number of H-pyrrole nitrogens is 1. The third-order valence-corrected chi connectivity index (χ3v) is 7.87. The van der Waals surface area contributed by atoms with Gasteiger partial charge in [0.2, 0.25) is 5.91 Å². The smallest absolute Gasteiger partial charge is 0.228 e. The predicted octanol–water partition coefficient (Wildman–Crippen LogP) is 5.96. The molecule has 0 aliphatic carbocycles. The summed E-state index contributed by atoms with van der Waals surface area (Å²) in [6.07, 6.45) is 4.51. The van der Waals surface area contributed by atoms with Crippen LogP contribution in [0.15, 0.2) is 48.0 Å². The van der Waals surface area contributed by atoms with Crippen molar-refractivity contribution in [2.75, 3.05) is 13.1 Å². The van der Waals surface area contributed by atoms with Crippen LogP contribution in [0.4, 0.5) is 0 Å². The van der Waals surface area contributed by atoms with E-state index in [0.29, 0.717) is 12.3 Å². The Hall–Kier alpha value is -2.15.